The maximum atomic E-state index is 10.2. The summed E-state index contributed by atoms with van der Waals surface area (Å²) >= 11 is 6.04. The molecule has 0 bridgehead atoms. The molecule has 88 valence electrons. The monoisotopic (exact) mass is 247 g/mol. The second-order valence-corrected chi connectivity index (χ2v) is 4.55. The van der Waals surface area contributed by atoms with Crippen LogP contribution >= 0.6 is 11.6 Å². The maximum Gasteiger partial charge on any atom is 0.106 e. The first kappa shape index (κ1) is 12.1. The van der Waals surface area contributed by atoms with Crippen LogP contribution in [0.3, 0.4) is 0 Å². The lowest BCUT2D eigenvalue weighted by molar-refractivity contribution is 0.220. The Morgan fingerprint density at radius 2 is 1.82 bits per heavy atom. The molecule has 1 N–H and O–H groups in total. The summed E-state index contributed by atoms with van der Waals surface area (Å²) in [6, 6.07) is 9.34. The summed E-state index contributed by atoms with van der Waals surface area (Å²) in [7, 11) is 0. The number of aliphatic hydroxyl groups excluding tert-OH is 1. The number of nitrogens with zero attached hydrogens (tertiary/aromatic N) is 1. The molecule has 2 nitrogen and oxygen atoms in total. The Balaban J connectivity index is 2.33. The summed E-state index contributed by atoms with van der Waals surface area (Å²) in [6.45, 7) is 3.85. The summed E-state index contributed by atoms with van der Waals surface area (Å²) < 4.78 is 0. The van der Waals surface area contributed by atoms with Gasteiger partial charge in [-0.1, -0.05) is 29.8 Å². The van der Waals surface area contributed by atoms with Crippen LogP contribution in [0.25, 0.3) is 0 Å². The molecule has 1 aromatic heterocycles. The highest BCUT2D eigenvalue weighted by atomic mass is 35.5. The average molecular weight is 248 g/mol. The number of rotatable bonds is 2. The SMILES string of the molecule is Cc1ccc(C(O)c2ccc(C)c(Cl)c2)cn1. The number of halogens is 1. The molecule has 1 atom stereocenters. The Bertz CT molecular complexity index is 522. The van der Waals surface area contributed by atoms with E-state index in [1.807, 2.05) is 38.1 Å². The van der Waals surface area contributed by atoms with Gasteiger partial charge in [0.05, 0.1) is 0 Å². The van der Waals surface area contributed by atoms with Crippen molar-refractivity contribution in [2.45, 2.75) is 20.0 Å². The Morgan fingerprint density at radius 1 is 1.12 bits per heavy atom. The molecule has 0 amide bonds. The smallest absolute Gasteiger partial charge is 0.106 e. The zero-order valence-corrected chi connectivity index (χ0v) is 10.6. The van der Waals surface area contributed by atoms with Gasteiger partial charge in [0.25, 0.3) is 0 Å². The van der Waals surface area contributed by atoms with Gasteiger partial charge in [-0.15, -0.1) is 0 Å². The summed E-state index contributed by atoms with van der Waals surface area (Å²) in [4.78, 5) is 4.17. The molecular formula is C14H14ClNO. The summed E-state index contributed by atoms with van der Waals surface area (Å²) in [5, 5.41) is 10.9. The van der Waals surface area contributed by atoms with Crippen molar-refractivity contribution >= 4 is 11.6 Å². The molecule has 17 heavy (non-hydrogen) atoms. The van der Waals surface area contributed by atoms with Gasteiger partial charge in [-0.05, 0) is 37.1 Å². The molecule has 2 rings (SSSR count). The van der Waals surface area contributed by atoms with Crippen LogP contribution in [-0.4, -0.2) is 10.1 Å². The molecule has 1 unspecified atom stereocenters. The Labute approximate surface area is 106 Å². The van der Waals surface area contributed by atoms with Gasteiger partial charge in [0.15, 0.2) is 0 Å². The third-order valence-electron chi connectivity index (χ3n) is 2.76. The molecule has 0 fully saturated rings. The standard InChI is InChI=1S/C14H14ClNO/c1-9-3-5-11(7-13(9)15)14(17)12-6-4-10(2)16-8-12/h3-8,14,17H,1-2H3. The molecule has 0 aliphatic rings. The zero-order chi connectivity index (χ0) is 12.4. The molecule has 0 aliphatic carbocycles. The minimum atomic E-state index is -0.679. The van der Waals surface area contributed by atoms with E-state index >= 15 is 0 Å². The van der Waals surface area contributed by atoms with Gasteiger partial charge in [0.2, 0.25) is 0 Å². The van der Waals surface area contributed by atoms with E-state index in [2.05, 4.69) is 4.98 Å². The van der Waals surface area contributed by atoms with Crippen molar-refractivity contribution in [3.63, 3.8) is 0 Å². The fraction of sp³-hybridized carbons (Fsp3) is 0.214. The van der Waals surface area contributed by atoms with Crippen molar-refractivity contribution in [1.29, 1.82) is 0 Å². The van der Waals surface area contributed by atoms with Crippen LogP contribution in [0.4, 0.5) is 0 Å². The lowest BCUT2D eigenvalue weighted by Gasteiger charge is -2.12. The molecule has 1 heterocycles. The minimum absolute atomic E-state index is 0.668. The van der Waals surface area contributed by atoms with Gasteiger partial charge in [0.1, 0.15) is 6.10 Å². The van der Waals surface area contributed by atoms with Gasteiger partial charge in [-0.3, -0.25) is 4.98 Å². The molecule has 2 aromatic rings. The van der Waals surface area contributed by atoms with Crippen LogP contribution in [0.2, 0.25) is 5.02 Å². The number of aromatic nitrogens is 1. The minimum Gasteiger partial charge on any atom is -0.384 e. The average Bonchev–Trinajstić information content (AvgIpc) is 2.33. The highest BCUT2D eigenvalue weighted by molar-refractivity contribution is 6.31. The van der Waals surface area contributed by atoms with Crippen LogP contribution < -0.4 is 0 Å². The lowest BCUT2D eigenvalue weighted by Crippen LogP contribution is -2.00. The number of aryl methyl sites for hydroxylation is 2. The predicted octanol–water partition coefficient (Wildman–Crippen LogP) is 3.43. The maximum absolute atomic E-state index is 10.2. The van der Waals surface area contributed by atoms with E-state index in [0.29, 0.717) is 5.02 Å². The van der Waals surface area contributed by atoms with Crippen LogP contribution in [-0.2, 0) is 0 Å². The van der Waals surface area contributed by atoms with E-state index in [0.717, 1.165) is 22.4 Å². The van der Waals surface area contributed by atoms with Crippen molar-refractivity contribution in [3.8, 4) is 0 Å². The van der Waals surface area contributed by atoms with Crippen molar-refractivity contribution < 1.29 is 5.11 Å². The number of aliphatic hydroxyl groups is 1. The zero-order valence-electron chi connectivity index (χ0n) is 9.81. The number of pyridine rings is 1. The molecule has 0 saturated carbocycles. The summed E-state index contributed by atoms with van der Waals surface area (Å²) in [5.41, 5.74) is 3.49. The third-order valence-corrected chi connectivity index (χ3v) is 3.17. The molecule has 0 radical (unpaired) electrons. The quantitative estimate of drug-likeness (QED) is 0.882. The van der Waals surface area contributed by atoms with Gasteiger partial charge in [-0.2, -0.15) is 0 Å². The normalized spacial score (nSPS) is 12.5. The molecule has 0 saturated heterocycles. The van der Waals surface area contributed by atoms with Crippen LogP contribution in [0.1, 0.15) is 28.5 Å². The first-order chi connectivity index (χ1) is 8.08. The van der Waals surface area contributed by atoms with E-state index in [9.17, 15) is 5.11 Å². The fourth-order valence-electron chi connectivity index (χ4n) is 1.61. The topological polar surface area (TPSA) is 33.1 Å². The van der Waals surface area contributed by atoms with Gasteiger partial charge >= 0.3 is 0 Å². The van der Waals surface area contributed by atoms with Crippen molar-refractivity contribution in [2.75, 3.05) is 0 Å². The first-order valence-corrected chi connectivity index (χ1v) is 5.82. The third kappa shape index (κ3) is 2.65. The largest absolute Gasteiger partial charge is 0.384 e. The highest BCUT2D eigenvalue weighted by Crippen LogP contribution is 2.25. The van der Waals surface area contributed by atoms with Crippen molar-refractivity contribution in [1.82, 2.24) is 4.98 Å². The van der Waals surface area contributed by atoms with E-state index in [1.165, 1.54) is 0 Å². The molecule has 0 spiro atoms. The van der Waals surface area contributed by atoms with E-state index in [-0.39, 0.29) is 0 Å². The van der Waals surface area contributed by atoms with Crippen LogP contribution in [0.15, 0.2) is 36.5 Å². The van der Waals surface area contributed by atoms with Crippen molar-refractivity contribution in [3.05, 3.63) is 63.9 Å². The Hall–Kier alpha value is -1.38. The molecular weight excluding hydrogens is 234 g/mol. The Morgan fingerprint density at radius 3 is 2.41 bits per heavy atom. The highest BCUT2D eigenvalue weighted by Gasteiger charge is 2.11. The summed E-state index contributed by atoms with van der Waals surface area (Å²) in [5.74, 6) is 0. The fourth-order valence-corrected chi connectivity index (χ4v) is 1.80. The molecule has 0 aliphatic heterocycles. The summed E-state index contributed by atoms with van der Waals surface area (Å²) in [6.07, 6.45) is 1.01. The molecule has 1 aromatic carbocycles. The van der Waals surface area contributed by atoms with Crippen molar-refractivity contribution in [2.24, 2.45) is 0 Å². The van der Waals surface area contributed by atoms with Crippen LogP contribution in [0, 0.1) is 13.8 Å². The van der Waals surface area contributed by atoms with Gasteiger partial charge < -0.3 is 5.11 Å². The molecule has 3 heteroatoms. The first-order valence-electron chi connectivity index (χ1n) is 5.44. The predicted molar refractivity (Wildman–Crippen MR) is 69.2 cm³/mol. The number of hydrogen-bond donors (Lipinski definition) is 1. The van der Waals surface area contributed by atoms with E-state index < -0.39 is 6.10 Å². The van der Waals surface area contributed by atoms with E-state index in [4.69, 9.17) is 11.6 Å². The van der Waals surface area contributed by atoms with Gasteiger partial charge in [0, 0.05) is 22.5 Å². The van der Waals surface area contributed by atoms with Crippen LogP contribution in [0.5, 0.6) is 0 Å². The Kier molecular flexibility index (Phi) is 3.46. The second-order valence-electron chi connectivity index (χ2n) is 4.14. The number of benzene rings is 1. The van der Waals surface area contributed by atoms with Gasteiger partial charge in [-0.25, -0.2) is 0 Å². The van der Waals surface area contributed by atoms with E-state index in [1.54, 1.807) is 12.3 Å². The lowest BCUT2D eigenvalue weighted by atomic mass is 10.0. The second kappa shape index (κ2) is 4.86. The number of hydrogen-bond acceptors (Lipinski definition) is 2.